The van der Waals surface area contributed by atoms with Crippen molar-refractivity contribution in [2.24, 2.45) is 0 Å². The molecule has 188 valence electrons. The molecule has 0 aliphatic rings. The molecule has 2 aromatic heterocycles. The van der Waals surface area contributed by atoms with Gasteiger partial charge < -0.3 is 19.0 Å². The summed E-state index contributed by atoms with van der Waals surface area (Å²) in [6, 6.07) is 5.56. The largest absolute Gasteiger partial charge is 0.478 e. The van der Waals surface area contributed by atoms with Gasteiger partial charge in [-0.05, 0) is 63.1 Å². The van der Waals surface area contributed by atoms with Crippen molar-refractivity contribution in [3.63, 3.8) is 0 Å². The third-order valence-corrected chi connectivity index (χ3v) is 5.18. The molecular weight excluding hydrogens is 486 g/mol. The van der Waals surface area contributed by atoms with E-state index in [9.17, 15) is 27.5 Å². The lowest BCUT2D eigenvalue weighted by molar-refractivity contribution is -0.152. The molecular formula is C24H19F4N3O5. The summed E-state index contributed by atoms with van der Waals surface area (Å²) in [5.74, 6) is -2.86. The number of aromatic nitrogens is 3. The molecule has 0 bridgehead atoms. The maximum atomic E-state index is 14.3. The maximum Gasteiger partial charge on any atom is 0.419 e. The van der Waals surface area contributed by atoms with E-state index in [2.05, 4.69) is 15.0 Å². The molecule has 0 fully saturated rings. The molecule has 0 amide bonds. The summed E-state index contributed by atoms with van der Waals surface area (Å²) in [5.41, 5.74) is -0.925. The predicted octanol–water partition coefficient (Wildman–Crippen LogP) is 6.09. The van der Waals surface area contributed by atoms with E-state index in [1.165, 1.54) is 20.0 Å². The van der Waals surface area contributed by atoms with Gasteiger partial charge in [0.05, 0.1) is 11.8 Å². The number of hydrogen-bond acceptors (Lipinski definition) is 7. The first kappa shape index (κ1) is 24.9. The molecule has 0 atom stereocenters. The van der Waals surface area contributed by atoms with E-state index in [4.69, 9.17) is 13.9 Å². The molecule has 8 nitrogen and oxygen atoms in total. The van der Waals surface area contributed by atoms with Gasteiger partial charge in [0.1, 0.15) is 11.3 Å². The summed E-state index contributed by atoms with van der Waals surface area (Å²) in [6.45, 7) is 6.35. The van der Waals surface area contributed by atoms with Crippen molar-refractivity contribution in [2.45, 2.75) is 39.5 Å². The van der Waals surface area contributed by atoms with E-state index in [-0.39, 0.29) is 17.1 Å². The number of aliphatic carboxylic acids is 1. The molecule has 4 rings (SSSR count). The van der Waals surface area contributed by atoms with Crippen molar-refractivity contribution >= 4 is 17.2 Å². The lowest BCUT2D eigenvalue weighted by atomic mass is 10.0. The summed E-state index contributed by atoms with van der Waals surface area (Å²) >= 11 is 0. The van der Waals surface area contributed by atoms with Crippen molar-refractivity contribution in [2.75, 3.05) is 0 Å². The van der Waals surface area contributed by atoms with Crippen LogP contribution < -0.4 is 9.47 Å². The van der Waals surface area contributed by atoms with E-state index in [0.717, 1.165) is 12.1 Å². The number of nitrogens with zero attached hydrogens (tertiary/aromatic N) is 3. The van der Waals surface area contributed by atoms with E-state index < -0.39 is 40.9 Å². The quantitative estimate of drug-likeness (QED) is 0.314. The Labute approximate surface area is 201 Å². The third kappa shape index (κ3) is 4.79. The van der Waals surface area contributed by atoms with Crippen LogP contribution in [0.2, 0.25) is 0 Å². The van der Waals surface area contributed by atoms with E-state index in [1.54, 1.807) is 26.0 Å². The Kier molecular flexibility index (Phi) is 6.07. The zero-order valence-electron chi connectivity index (χ0n) is 19.4. The Hall–Kier alpha value is -4.22. The molecule has 2 heterocycles. The first-order valence-corrected chi connectivity index (χ1v) is 10.5. The Morgan fingerprint density at radius 2 is 1.75 bits per heavy atom. The van der Waals surface area contributed by atoms with Crippen LogP contribution in [0.1, 0.15) is 30.5 Å². The maximum absolute atomic E-state index is 14.3. The number of rotatable bonds is 6. The molecule has 0 spiro atoms. The van der Waals surface area contributed by atoms with Crippen molar-refractivity contribution in [3.8, 4) is 29.0 Å². The highest BCUT2D eigenvalue weighted by atomic mass is 19.4. The summed E-state index contributed by atoms with van der Waals surface area (Å²) in [5, 5.41) is 9.33. The summed E-state index contributed by atoms with van der Waals surface area (Å²) in [4.78, 5) is 23.6. The van der Waals surface area contributed by atoms with Gasteiger partial charge in [0.15, 0.2) is 17.2 Å². The molecule has 1 N–H and O–H groups in total. The van der Waals surface area contributed by atoms with Gasteiger partial charge in [-0.2, -0.15) is 18.2 Å². The molecule has 0 radical (unpaired) electrons. The van der Waals surface area contributed by atoms with Gasteiger partial charge in [-0.3, -0.25) is 0 Å². The summed E-state index contributed by atoms with van der Waals surface area (Å²) in [7, 11) is 0. The van der Waals surface area contributed by atoms with Crippen LogP contribution in [0.4, 0.5) is 17.6 Å². The number of aryl methyl sites for hydroxylation is 2. The highest BCUT2D eigenvalue weighted by Gasteiger charge is 2.35. The Bertz CT molecular complexity index is 1460. The standard InChI is InChI=1S/C24H19F4N3O5/c1-11-8-13(9-12(2)18(11)36-23(3,4)21(32)33)19-30-15-10-29-22(31-20(15)35-19)34-16-7-5-6-14(17(16)25)24(26,27)28/h5-10H,1-4H3,(H,32,33). The van der Waals surface area contributed by atoms with Gasteiger partial charge in [-0.1, -0.05) is 6.07 Å². The van der Waals surface area contributed by atoms with Crippen LogP contribution >= 0.6 is 0 Å². The molecule has 0 saturated carbocycles. The minimum atomic E-state index is -4.89. The lowest BCUT2D eigenvalue weighted by Crippen LogP contribution is -2.38. The molecule has 0 aliphatic carbocycles. The SMILES string of the molecule is Cc1cc(-c2nc3cnc(Oc4cccc(C(F)(F)F)c4F)nc3o2)cc(C)c1OC(C)(C)C(=O)O. The second-order valence-corrected chi connectivity index (χ2v) is 8.44. The molecule has 4 aromatic rings. The van der Waals surface area contributed by atoms with Crippen LogP contribution in [0.5, 0.6) is 17.5 Å². The minimum Gasteiger partial charge on any atom is -0.478 e. The van der Waals surface area contributed by atoms with Crippen LogP contribution in [0, 0.1) is 19.7 Å². The first-order valence-electron chi connectivity index (χ1n) is 10.5. The molecule has 0 saturated heterocycles. The second kappa shape index (κ2) is 8.77. The van der Waals surface area contributed by atoms with Crippen LogP contribution in [0.15, 0.2) is 40.9 Å². The van der Waals surface area contributed by atoms with Gasteiger partial charge in [0.25, 0.3) is 5.71 Å². The highest BCUT2D eigenvalue weighted by Crippen LogP contribution is 2.36. The topological polar surface area (TPSA) is 108 Å². The smallest absolute Gasteiger partial charge is 0.419 e. The number of carboxylic acid groups (broad SMARTS) is 1. The fourth-order valence-electron chi connectivity index (χ4n) is 3.33. The fraction of sp³-hybridized carbons (Fsp3) is 0.250. The number of carbonyl (C=O) groups is 1. The van der Waals surface area contributed by atoms with E-state index >= 15 is 0 Å². The molecule has 36 heavy (non-hydrogen) atoms. The van der Waals surface area contributed by atoms with Gasteiger partial charge in [-0.25, -0.2) is 19.2 Å². The van der Waals surface area contributed by atoms with Crippen LogP contribution in [-0.4, -0.2) is 31.6 Å². The number of hydrogen-bond donors (Lipinski definition) is 1. The van der Waals surface area contributed by atoms with Crippen LogP contribution in [-0.2, 0) is 11.0 Å². The molecule has 2 aromatic carbocycles. The normalized spacial score (nSPS) is 12.1. The Balaban J connectivity index is 1.64. The first-order chi connectivity index (χ1) is 16.8. The fourth-order valence-corrected chi connectivity index (χ4v) is 3.33. The summed E-state index contributed by atoms with van der Waals surface area (Å²) < 4.78 is 69.6. The second-order valence-electron chi connectivity index (χ2n) is 8.44. The molecule has 12 heteroatoms. The minimum absolute atomic E-state index is 0.0370. The monoisotopic (exact) mass is 505 g/mol. The number of ether oxygens (including phenoxy) is 2. The Morgan fingerprint density at radius 1 is 1.08 bits per heavy atom. The number of carboxylic acids is 1. The predicted molar refractivity (Wildman–Crippen MR) is 118 cm³/mol. The number of oxazole rings is 1. The molecule has 0 unspecified atom stereocenters. The number of alkyl halides is 3. The molecule has 0 aliphatic heterocycles. The third-order valence-electron chi connectivity index (χ3n) is 5.18. The Morgan fingerprint density at radius 3 is 2.36 bits per heavy atom. The van der Waals surface area contributed by atoms with Crippen molar-refractivity contribution in [1.29, 1.82) is 0 Å². The number of fused-ring (bicyclic) bond motifs is 1. The van der Waals surface area contributed by atoms with E-state index in [1.807, 2.05) is 0 Å². The number of halogens is 4. The van der Waals surface area contributed by atoms with Gasteiger partial charge in [-0.15, -0.1) is 0 Å². The lowest BCUT2D eigenvalue weighted by Gasteiger charge is -2.24. The van der Waals surface area contributed by atoms with Crippen molar-refractivity contribution in [3.05, 3.63) is 59.0 Å². The van der Waals surface area contributed by atoms with Gasteiger partial charge in [0.2, 0.25) is 5.89 Å². The zero-order chi connectivity index (χ0) is 26.4. The van der Waals surface area contributed by atoms with Gasteiger partial charge >= 0.3 is 18.2 Å². The van der Waals surface area contributed by atoms with Crippen LogP contribution in [0.25, 0.3) is 22.7 Å². The average molecular weight is 505 g/mol. The van der Waals surface area contributed by atoms with Crippen molar-refractivity contribution in [1.82, 2.24) is 15.0 Å². The zero-order valence-corrected chi connectivity index (χ0v) is 19.4. The van der Waals surface area contributed by atoms with Crippen molar-refractivity contribution < 1.29 is 41.4 Å². The van der Waals surface area contributed by atoms with Gasteiger partial charge in [0, 0.05) is 5.56 Å². The number of benzene rings is 2. The van der Waals surface area contributed by atoms with E-state index in [0.29, 0.717) is 28.5 Å². The summed E-state index contributed by atoms with van der Waals surface area (Å²) in [6.07, 6.45) is -3.67. The highest BCUT2D eigenvalue weighted by molar-refractivity contribution is 5.77. The average Bonchev–Trinajstić information content (AvgIpc) is 3.20. The van der Waals surface area contributed by atoms with Crippen LogP contribution in [0.3, 0.4) is 0 Å².